The van der Waals surface area contributed by atoms with Crippen LogP contribution in [0.15, 0.2) is 53.3 Å². The van der Waals surface area contributed by atoms with Gasteiger partial charge in [-0.2, -0.15) is 0 Å². The number of amides is 1. The van der Waals surface area contributed by atoms with Crippen molar-refractivity contribution in [3.63, 3.8) is 0 Å². The summed E-state index contributed by atoms with van der Waals surface area (Å²) in [7, 11) is 1.67. The first-order valence-electron chi connectivity index (χ1n) is 9.91. The van der Waals surface area contributed by atoms with E-state index in [-0.39, 0.29) is 30.9 Å². The third-order valence-corrected chi connectivity index (χ3v) is 4.86. The molecule has 0 fully saturated rings. The van der Waals surface area contributed by atoms with Crippen molar-refractivity contribution in [3.8, 4) is 0 Å². The van der Waals surface area contributed by atoms with Gasteiger partial charge in [-0.3, -0.25) is 14.4 Å². The molecule has 0 aliphatic heterocycles. The Hall–Kier alpha value is -3.48. The second-order valence-corrected chi connectivity index (χ2v) is 7.11. The van der Waals surface area contributed by atoms with Crippen molar-refractivity contribution in [2.24, 2.45) is 0 Å². The fourth-order valence-corrected chi connectivity index (χ4v) is 3.04. The predicted octanol–water partition coefficient (Wildman–Crippen LogP) is 2.62. The summed E-state index contributed by atoms with van der Waals surface area (Å²) in [6.45, 7) is 2.22. The maximum atomic E-state index is 12.2. The molecule has 156 valence electrons. The number of aromatic nitrogens is 2. The molecule has 3 rings (SSSR count). The van der Waals surface area contributed by atoms with E-state index in [2.05, 4.69) is 16.9 Å². The topological polar surface area (TPSA) is 92.4 Å². The summed E-state index contributed by atoms with van der Waals surface area (Å²) in [6.07, 6.45) is 1.22. The Kier molecular flexibility index (Phi) is 6.95. The fourth-order valence-electron chi connectivity index (χ4n) is 3.04. The van der Waals surface area contributed by atoms with E-state index in [1.807, 2.05) is 24.3 Å². The largest absolute Gasteiger partial charge is 0.456 e. The number of para-hydroxylation sites is 1. The highest BCUT2D eigenvalue weighted by Gasteiger charge is 2.13. The van der Waals surface area contributed by atoms with E-state index in [1.165, 1.54) is 10.5 Å². The number of nitrogens with zero attached hydrogens (tertiary/aromatic N) is 2. The third kappa shape index (κ3) is 5.53. The molecule has 7 nitrogen and oxygen atoms in total. The lowest BCUT2D eigenvalue weighted by molar-refractivity contribution is -0.151. The molecule has 3 aromatic rings. The molecular formula is C23H25N3O4. The molecule has 0 saturated heterocycles. The number of H-pyrrole nitrogens is 1. The molecule has 30 heavy (non-hydrogen) atoms. The van der Waals surface area contributed by atoms with Crippen LogP contribution in [0.25, 0.3) is 10.9 Å². The standard InChI is InChI=1S/C23H25N3O4/c1-3-16-8-10-17(11-9-16)14-26(2)21(27)15-30-22(28)13-12-20-24-19-7-5-4-6-18(19)23(29)25-20/h4-11H,3,12-15H2,1-2H3,(H,24,25,29). The quantitative estimate of drug-likeness (QED) is 0.580. The number of benzene rings is 2. The first-order valence-corrected chi connectivity index (χ1v) is 9.91. The number of esters is 1. The summed E-state index contributed by atoms with van der Waals surface area (Å²) in [4.78, 5) is 44.8. The fraction of sp³-hybridized carbons (Fsp3) is 0.304. The molecule has 7 heteroatoms. The highest BCUT2D eigenvalue weighted by Crippen LogP contribution is 2.09. The van der Waals surface area contributed by atoms with Crippen LogP contribution in [0.4, 0.5) is 0 Å². The molecule has 0 saturated carbocycles. The average Bonchev–Trinajstić information content (AvgIpc) is 2.76. The van der Waals surface area contributed by atoms with Crippen molar-refractivity contribution >= 4 is 22.8 Å². The predicted molar refractivity (Wildman–Crippen MR) is 114 cm³/mol. The van der Waals surface area contributed by atoms with Gasteiger partial charge in [-0.25, -0.2) is 4.98 Å². The van der Waals surface area contributed by atoms with Crippen LogP contribution in [0.3, 0.4) is 0 Å². The van der Waals surface area contributed by atoms with Gasteiger partial charge in [-0.05, 0) is 29.7 Å². The smallest absolute Gasteiger partial charge is 0.306 e. The monoisotopic (exact) mass is 407 g/mol. The summed E-state index contributed by atoms with van der Waals surface area (Å²) >= 11 is 0. The number of aryl methyl sites for hydroxylation is 2. The number of aromatic amines is 1. The van der Waals surface area contributed by atoms with Gasteiger partial charge in [-0.1, -0.05) is 43.3 Å². The van der Waals surface area contributed by atoms with E-state index in [9.17, 15) is 14.4 Å². The van der Waals surface area contributed by atoms with E-state index < -0.39 is 5.97 Å². The SMILES string of the molecule is CCc1ccc(CN(C)C(=O)COC(=O)CCc2nc3ccccc3c(=O)[nH]2)cc1. The third-order valence-electron chi connectivity index (χ3n) is 4.86. The first-order chi connectivity index (χ1) is 14.5. The van der Waals surface area contributed by atoms with Gasteiger partial charge in [0.2, 0.25) is 0 Å². The van der Waals surface area contributed by atoms with E-state index >= 15 is 0 Å². The highest BCUT2D eigenvalue weighted by molar-refractivity contribution is 5.80. The summed E-state index contributed by atoms with van der Waals surface area (Å²) in [5.74, 6) is -0.380. The van der Waals surface area contributed by atoms with Crippen LogP contribution in [0.2, 0.25) is 0 Å². The minimum absolute atomic E-state index is 0.0246. The van der Waals surface area contributed by atoms with E-state index in [4.69, 9.17) is 4.74 Å². The minimum Gasteiger partial charge on any atom is -0.456 e. The number of carbonyl (C=O) groups is 2. The van der Waals surface area contributed by atoms with Crippen LogP contribution in [0, 0.1) is 0 Å². The molecular weight excluding hydrogens is 382 g/mol. The Morgan fingerprint density at radius 3 is 2.50 bits per heavy atom. The molecule has 1 amide bonds. The van der Waals surface area contributed by atoms with E-state index in [1.54, 1.807) is 31.3 Å². The van der Waals surface area contributed by atoms with Gasteiger partial charge in [0, 0.05) is 20.0 Å². The number of ether oxygens (including phenoxy) is 1. The Balaban J connectivity index is 1.46. The van der Waals surface area contributed by atoms with Crippen LogP contribution in [0.5, 0.6) is 0 Å². The summed E-state index contributed by atoms with van der Waals surface area (Å²) in [5.41, 5.74) is 2.59. The van der Waals surface area contributed by atoms with Gasteiger partial charge in [0.25, 0.3) is 11.5 Å². The molecule has 0 radical (unpaired) electrons. The van der Waals surface area contributed by atoms with Crippen molar-refractivity contribution in [2.75, 3.05) is 13.7 Å². The molecule has 0 unspecified atom stereocenters. The molecule has 0 atom stereocenters. The number of fused-ring (bicyclic) bond motifs is 1. The lowest BCUT2D eigenvalue weighted by atomic mass is 10.1. The van der Waals surface area contributed by atoms with Gasteiger partial charge < -0.3 is 14.6 Å². The number of hydrogen-bond donors (Lipinski definition) is 1. The molecule has 0 spiro atoms. The maximum absolute atomic E-state index is 12.2. The number of carbonyl (C=O) groups excluding carboxylic acids is 2. The second-order valence-electron chi connectivity index (χ2n) is 7.11. The van der Waals surface area contributed by atoms with Crippen molar-refractivity contribution in [1.82, 2.24) is 14.9 Å². The van der Waals surface area contributed by atoms with Crippen LogP contribution < -0.4 is 5.56 Å². The minimum atomic E-state index is -0.514. The van der Waals surface area contributed by atoms with Crippen molar-refractivity contribution in [2.45, 2.75) is 32.7 Å². The van der Waals surface area contributed by atoms with Crippen LogP contribution >= 0.6 is 0 Å². The molecule has 1 heterocycles. The van der Waals surface area contributed by atoms with Gasteiger partial charge in [-0.15, -0.1) is 0 Å². The van der Waals surface area contributed by atoms with Gasteiger partial charge in [0.1, 0.15) is 5.82 Å². The normalized spacial score (nSPS) is 10.7. The number of nitrogens with one attached hydrogen (secondary N) is 1. The number of likely N-dealkylation sites (N-methyl/N-ethyl adjacent to an activating group) is 1. The van der Waals surface area contributed by atoms with E-state index in [0.717, 1.165) is 12.0 Å². The second kappa shape index (κ2) is 9.82. The van der Waals surface area contributed by atoms with Crippen molar-refractivity contribution in [3.05, 3.63) is 75.8 Å². The van der Waals surface area contributed by atoms with E-state index in [0.29, 0.717) is 23.3 Å². The maximum Gasteiger partial charge on any atom is 0.306 e. The van der Waals surface area contributed by atoms with Crippen molar-refractivity contribution in [1.29, 1.82) is 0 Å². The molecule has 0 bridgehead atoms. The lowest BCUT2D eigenvalue weighted by Gasteiger charge is -2.17. The Morgan fingerprint density at radius 2 is 1.77 bits per heavy atom. The van der Waals surface area contributed by atoms with Crippen molar-refractivity contribution < 1.29 is 14.3 Å². The Bertz CT molecular complexity index is 1090. The number of rotatable bonds is 8. The average molecular weight is 407 g/mol. The molecule has 1 N–H and O–H groups in total. The molecule has 0 aliphatic carbocycles. The van der Waals surface area contributed by atoms with Gasteiger partial charge >= 0.3 is 5.97 Å². The van der Waals surface area contributed by atoms with Crippen LogP contribution in [-0.4, -0.2) is 40.4 Å². The molecule has 1 aromatic heterocycles. The zero-order chi connectivity index (χ0) is 21.5. The lowest BCUT2D eigenvalue weighted by Crippen LogP contribution is -2.30. The zero-order valence-corrected chi connectivity index (χ0v) is 17.2. The molecule has 0 aliphatic rings. The Labute approximate surface area is 174 Å². The van der Waals surface area contributed by atoms with Gasteiger partial charge in [0.05, 0.1) is 17.3 Å². The summed E-state index contributed by atoms with van der Waals surface area (Å²) in [5, 5.41) is 0.502. The number of hydrogen-bond acceptors (Lipinski definition) is 5. The summed E-state index contributed by atoms with van der Waals surface area (Å²) < 4.78 is 5.09. The Morgan fingerprint density at radius 1 is 1.07 bits per heavy atom. The zero-order valence-electron chi connectivity index (χ0n) is 17.2. The first kappa shape index (κ1) is 21.2. The van der Waals surface area contributed by atoms with Gasteiger partial charge in [0.15, 0.2) is 6.61 Å². The van der Waals surface area contributed by atoms with Crippen LogP contribution in [0.1, 0.15) is 30.3 Å². The van der Waals surface area contributed by atoms with Crippen LogP contribution in [-0.2, 0) is 33.7 Å². The summed E-state index contributed by atoms with van der Waals surface area (Å²) in [6, 6.07) is 15.1. The highest BCUT2D eigenvalue weighted by atomic mass is 16.5. The molecule has 2 aromatic carbocycles.